The Kier molecular flexibility index (Phi) is 4.27. The molecule has 1 atom stereocenters. The van der Waals surface area contributed by atoms with Crippen LogP contribution in [0.15, 0.2) is 46.9 Å². The molecule has 2 nitrogen and oxygen atoms in total. The molecule has 1 N–H and O–H groups in total. The second-order valence-corrected chi connectivity index (χ2v) is 5.13. The molecular weight excluding hydrogens is 316 g/mol. The normalized spacial score (nSPS) is 12.2. The largest absolute Gasteiger partial charge is 0.496 e. The van der Waals surface area contributed by atoms with Gasteiger partial charge in [-0.05, 0) is 18.2 Å². The summed E-state index contributed by atoms with van der Waals surface area (Å²) >= 11 is 9.45. The first kappa shape index (κ1) is 13.4. The van der Waals surface area contributed by atoms with Gasteiger partial charge in [0.05, 0.1) is 7.11 Å². The lowest BCUT2D eigenvalue weighted by molar-refractivity contribution is 0.215. The summed E-state index contributed by atoms with van der Waals surface area (Å²) in [7, 11) is 1.57. The Morgan fingerprint density at radius 3 is 2.56 bits per heavy atom. The zero-order chi connectivity index (χ0) is 13.1. The molecule has 94 valence electrons. The third-order valence-electron chi connectivity index (χ3n) is 2.69. The van der Waals surface area contributed by atoms with Gasteiger partial charge in [0, 0.05) is 20.6 Å². The van der Waals surface area contributed by atoms with E-state index in [9.17, 15) is 5.11 Å². The zero-order valence-corrected chi connectivity index (χ0v) is 12.1. The van der Waals surface area contributed by atoms with Crippen LogP contribution in [0.3, 0.4) is 0 Å². The number of ether oxygens (including phenoxy) is 1. The van der Waals surface area contributed by atoms with Crippen molar-refractivity contribution in [2.45, 2.75) is 6.10 Å². The van der Waals surface area contributed by atoms with Crippen LogP contribution in [0.5, 0.6) is 5.75 Å². The molecular formula is C14H12BrClO2. The molecule has 2 rings (SSSR count). The fraction of sp³-hybridized carbons (Fsp3) is 0.143. The van der Waals surface area contributed by atoms with E-state index in [4.69, 9.17) is 16.3 Å². The van der Waals surface area contributed by atoms with Gasteiger partial charge in [-0.2, -0.15) is 0 Å². The molecule has 0 aromatic heterocycles. The van der Waals surface area contributed by atoms with E-state index >= 15 is 0 Å². The minimum absolute atomic E-state index is 0.537. The molecule has 2 aromatic rings. The van der Waals surface area contributed by atoms with Crippen molar-refractivity contribution < 1.29 is 9.84 Å². The summed E-state index contributed by atoms with van der Waals surface area (Å²) in [6.07, 6.45) is -0.804. The standard InChI is InChI=1S/C14H12BrClO2/c1-18-13-8-9(15)6-7-11(13)14(17)10-4-2-3-5-12(10)16/h2-8,14,17H,1H3. The van der Waals surface area contributed by atoms with E-state index in [1.165, 1.54) is 0 Å². The molecule has 0 bridgehead atoms. The highest BCUT2D eigenvalue weighted by Crippen LogP contribution is 2.34. The van der Waals surface area contributed by atoms with Gasteiger partial charge in [-0.1, -0.05) is 51.8 Å². The maximum Gasteiger partial charge on any atom is 0.126 e. The molecule has 0 fully saturated rings. The van der Waals surface area contributed by atoms with Crippen LogP contribution in [0.2, 0.25) is 5.02 Å². The zero-order valence-electron chi connectivity index (χ0n) is 9.73. The van der Waals surface area contributed by atoms with E-state index in [-0.39, 0.29) is 0 Å². The Bertz CT molecular complexity index is 557. The molecule has 0 heterocycles. The highest BCUT2D eigenvalue weighted by Gasteiger charge is 2.17. The van der Waals surface area contributed by atoms with Crippen molar-refractivity contribution in [3.8, 4) is 5.75 Å². The van der Waals surface area contributed by atoms with Gasteiger partial charge in [-0.15, -0.1) is 0 Å². The average molecular weight is 328 g/mol. The molecule has 0 spiro atoms. The van der Waals surface area contributed by atoms with Crippen LogP contribution in [0.25, 0.3) is 0 Å². The Morgan fingerprint density at radius 2 is 1.89 bits per heavy atom. The van der Waals surface area contributed by atoms with Gasteiger partial charge in [0.2, 0.25) is 0 Å². The number of rotatable bonds is 3. The molecule has 0 aliphatic heterocycles. The topological polar surface area (TPSA) is 29.5 Å². The van der Waals surface area contributed by atoms with E-state index in [2.05, 4.69) is 15.9 Å². The Morgan fingerprint density at radius 1 is 1.17 bits per heavy atom. The van der Waals surface area contributed by atoms with Gasteiger partial charge in [0.1, 0.15) is 11.9 Å². The monoisotopic (exact) mass is 326 g/mol. The minimum atomic E-state index is -0.804. The molecule has 18 heavy (non-hydrogen) atoms. The average Bonchev–Trinajstić information content (AvgIpc) is 2.38. The van der Waals surface area contributed by atoms with E-state index in [1.54, 1.807) is 19.2 Å². The van der Waals surface area contributed by atoms with Crippen LogP contribution < -0.4 is 4.74 Å². The van der Waals surface area contributed by atoms with Crippen molar-refractivity contribution in [3.05, 3.63) is 63.1 Å². The van der Waals surface area contributed by atoms with Crippen molar-refractivity contribution in [1.29, 1.82) is 0 Å². The number of benzene rings is 2. The molecule has 0 aliphatic carbocycles. The molecule has 0 saturated carbocycles. The van der Waals surface area contributed by atoms with Crippen LogP contribution in [0, 0.1) is 0 Å². The summed E-state index contributed by atoms with van der Waals surface area (Å²) in [4.78, 5) is 0. The van der Waals surface area contributed by atoms with Crippen LogP contribution >= 0.6 is 27.5 Å². The summed E-state index contributed by atoms with van der Waals surface area (Å²) in [6, 6.07) is 12.7. The number of hydrogen-bond acceptors (Lipinski definition) is 2. The highest BCUT2D eigenvalue weighted by atomic mass is 79.9. The first-order valence-corrected chi connectivity index (χ1v) is 6.56. The summed E-state index contributed by atoms with van der Waals surface area (Å²) in [5, 5.41) is 10.9. The van der Waals surface area contributed by atoms with Gasteiger partial charge in [0.25, 0.3) is 0 Å². The van der Waals surface area contributed by atoms with Crippen molar-refractivity contribution in [3.63, 3.8) is 0 Å². The fourth-order valence-corrected chi connectivity index (χ4v) is 2.35. The van der Waals surface area contributed by atoms with Gasteiger partial charge in [0.15, 0.2) is 0 Å². The van der Waals surface area contributed by atoms with E-state index in [0.29, 0.717) is 21.9 Å². The third kappa shape index (κ3) is 2.69. The maximum atomic E-state index is 10.4. The van der Waals surface area contributed by atoms with E-state index < -0.39 is 6.10 Å². The lowest BCUT2D eigenvalue weighted by Gasteiger charge is -2.16. The van der Waals surface area contributed by atoms with E-state index in [0.717, 1.165) is 4.47 Å². The van der Waals surface area contributed by atoms with Crippen LogP contribution in [-0.4, -0.2) is 12.2 Å². The predicted molar refractivity (Wildman–Crippen MR) is 76.2 cm³/mol. The summed E-state index contributed by atoms with van der Waals surface area (Å²) in [5.41, 5.74) is 1.36. The van der Waals surface area contributed by atoms with Crippen molar-refractivity contribution >= 4 is 27.5 Å². The third-order valence-corrected chi connectivity index (χ3v) is 3.53. The number of hydrogen-bond donors (Lipinski definition) is 1. The molecule has 4 heteroatoms. The lowest BCUT2D eigenvalue weighted by Crippen LogP contribution is -2.03. The van der Waals surface area contributed by atoms with E-state index in [1.807, 2.05) is 30.3 Å². The Hall–Kier alpha value is -1.03. The first-order valence-electron chi connectivity index (χ1n) is 5.39. The molecule has 0 saturated heterocycles. The molecule has 0 amide bonds. The molecule has 0 radical (unpaired) electrons. The number of halogens is 2. The van der Waals surface area contributed by atoms with Crippen LogP contribution in [0.4, 0.5) is 0 Å². The summed E-state index contributed by atoms with van der Waals surface area (Å²) in [5.74, 6) is 0.622. The second-order valence-electron chi connectivity index (χ2n) is 3.81. The van der Waals surface area contributed by atoms with Gasteiger partial charge >= 0.3 is 0 Å². The number of methoxy groups -OCH3 is 1. The fourth-order valence-electron chi connectivity index (χ4n) is 1.78. The highest BCUT2D eigenvalue weighted by molar-refractivity contribution is 9.10. The van der Waals surface area contributed by atoms with Gasteiger partial charge < -0.3 is 9.84 Å². The minimum Gasteiger partial charge on any atom is -0.496 e. The Balaban J connectivity index is 2.46. The molecule has 2 aromatic carbocycles. The SMILES string of the molecule is COc1cc(Br)ccc1C(O)c1ccccc1Cl. The van der Waals surface area contributed by atoms with Crippen molar-refractivity contribution in [2.75, 3.05) is 7.11 Å². The molecule has 1 unspecified atom stereocenters. The predicted octanol–water partition coefficient (Wildman–Crippen LogP) is 4.19. The second kappa shape index (κ2) is 5.74. The van der Waals surface area contributed by atoms with Gasteiger partial charge in [-0.3, -0.25) is 0 Å². The van der Waals surface area contributed by atoms with Crippen molar-refractivity contribution in [1.82, 2.24) is 0 Å². The lowest BCUT2D eigenvalue weighted by atomic mass is 10.0. The quantitative estimate of drug-likeness (QED) is 0.916. The first-order chi connectivity index (χ1) is 8.63. The molecule has 0 aliphatic rings. The van der Waals surface area contributed by atoms with Crippen LogP contribution in [-0.2, 0) is 0 Å². The van der Waals surface area contributed by atoms with Crippen molar-refractivity contribution in [2.24, 2.45) is 0 Å². The number of aliphatic hydroxyl groups is 1. The number of aliphatic hydroxyl groups excluding tert-OH is 1. The Labute approximate surface area is 119 Å². The smallest absolute Gasteiger partial charge is 0.126 e. The van der Waals surface area contributed by atoms with Crippen LogP contribution in [0.1, 0.15) is 17.2 Å². The summed E-state index contributed by atoms with van der Waals surface area (Å²) < 4.78 is 6.17. The maximum absolute atomic E-state index is 10.4. The van der Waals surface area contributed by atoms with Gasteiger partial charge in [-0.25, -0.2) is 0 Å². The summed E-state index contributed by atoms with van der Waals surface area (Å²) in [6.45, 7) is 0.